The van der Waals surface area contributed by atoms with Crippen LogP contribution in [0.3, 0.4) is 0 Å². The van der Waals surface area contributed by atoms with Crippen molar-refractivity contribution in [2.75, 3.05) is 6.61 Å². The van der Waals surface area contributed by atoms with Crippen LogP contribution in [0.4, 0.5) is 0 Å². The zero-order valence-corrected chi connectivity index (χ0v) is 7.16. The molecule has 0 aromatic rings. The van der Waals surface area contributed by atoms with Crippen LogP contribution in [0.1, 0.15) is 20.3 Å². The molecule has 1 aliphatic rings. The molecule has 1 saturated heterocycles. The second kappa shape index (κ2) is 3.88. The van der Waals surface area contributed by atoms with Crippen LogP contribution in [-0.4, -0.2) is 23.9 Å². The Labute approximate surface area is 67.9 Å². The van der Waals surface area contributed by atoms with E-state index in [1.165, 1.54) is 0 Å². The van der Waals surface area contributed by atoms with Gasteiger partial charge < -0.3 is 9.84 Å². The maximum Gasteiger partial charge on any atom is 0.0763 e. The van der Waals surface area contributed by atoms with Gasteiger partial charge in [-0.2, -0.15) is 0 Å². The Kier molecular flexibility index (Phi) is 3.09. The molecule has 11 heavy (non-hydrogen) atoms. The molecule has 2 nitrogen and oxygen atoms in total. The largest absolute Gasteiger partial charge is 0.392 e. The Morgan fingerprint density at radius 3 is 2.73 bits per heavy atom. The summed E-state index contributed by atoms with van der Waals surface area (Å²) in [5.41, 5.74) is 0. The van der Waals surface area contributed by atoms with Gasteiger partial charge in [0.2, 0.25) is 0 Å². The van der Waals surface area contributed by atoms with Gasteiger partial charge in [0.05, 0.1) is 18.8 Å². The lowest BCUT2D eigenvalue weighted by molar-refractivity contribution is 0.0721. The van der Waals surface area contributed by atoms with Crippen LogP contribution < -0.4 is 0 Å². The molecule has 0 amide bonds. The minimum absolute atomic E-state index is 0.114. The van der Waals surface area contributed by atoms with Crippen LogP contribution in [0.15, 0.2) is 12.2 Å². The fourth-order valence-corrected chi connectivity index (χ4v) is 1.36. The molecule has 1 rings (SSSR count). The van der Waals surface area contributed by atoms with E-state index in [1.807, 2.05) is 6.08 Å². The molecule has 2 heteroatoms. The van der Waals surface area contributed by atoms with E-state index < -0.39 is 0 Å². The van der Waals surface area contributed by atoms with Crippen LogP contribution in [-0.2, 0) is 4.74 Å². The summed E-state index contributed by atoms with van der Waals surface area (Å²) in [6.07, 6.45) is 5.36. The summed E-state index contributed by atoms with van der Waals surface area (Å²) in [6, 6.07) is 0. The topological polar surface area (TPSA) is 29.5 Å². The van der Waals surface area contributed by atoms with Gasteiger partial charge in [-0.25, -0.2) is 0 Å². The number of ether oxygens (including phenoxy) is 1. The highest BCUT2D eigenvalue weighted by atomic mass is 16.5. The van der Waals surface area contributed by atoms with Gasteiger partial charge in [-0.1, -0.05) is 19.1 Å². The monoisotopic (exact) mass is 156 g/mol. The highest BCUT2D eigenvalue weighted by molar-refractivity contribution is 4.94. The molecule has 0 saturated carbocycles. The summed E-state index contributed by atoms with van der Waals surface area (Å²) in [5, 5.41) is 8.52. The van der Waals surface area contributed by atoms with Gasteiger partial charge in [0, 0.05) is 0 Å². The molecule has 1 heterocycles. The fourth-order valence-electron chi connectivity index (χ4n) is 1.36. The average Bonchev–Trinajstić information content (AvgIpc) is 2.28. The molecule has 0 aromatic heterocycles. The summed E-state index contributed by atoms with van der Waals surface area (Å²) in [6.45, 7) is 4.40. The zero-order chi connectivity index (χ0) is 8.27. The molecule has 0 aliphatic carbocycles. The van der Waals surface area contributed by atoms with Crippen LogP contribution >= 0.6 is 0 Å². The molecule has 2 unspecified atom stereocenters. The van der Waals surface area contributed by atoms with Crippen molar-refractivity contribution in [2.45, 2.75) is 32.5 Å². The summed E-state index contributed by atoms with van der Waals surface area (Å²) < 4.78 is 5.58. The van der Waals surface area contributed by atoms with Gasteiger partial charge in [-0.3, -0.25) is 0 Å². The molecule has 0 bridgehead atoms. The Morgan fingerprint density at radius 1 is 1.55 bits per heavy atom. The van der Waals surface area contributed by atoms with Crippen molar-refractivity contribution in [1.29, 1.82) is 0 Å². The summed E-state index contributed by atoms with van der Waals surface area (Å²) in [5.74, 6) is 0.642. The zero-order valence-electron chi connectivity index (χ0n) is 7.16. The highest BCUT2D eigenvalue weighted by Crippen LogP contribution is 2.25. The third-order valence-corrected chi connectivity index (χ3v) is 2.25. The smallest absolute Gasteiger partial charge is 0.0763 e. The summed E-state index contributed by atoms with van der Waals surface area (Å²) in [4.78, 5) is 0. The van der Waals surface area contributed by atoms with Gasteiger partial charge >= 0.3 is 0 Å². The first-order valence-electron chi connectivity index (χ1n) is 4.17. The lowest BCUT2D eigenvalue weighted by Crippen LogP contribution is -2.07. The minimum Gasteiger partial charge on any atom is -0.392 e. The second-order valence-electron chi connectivity index (χ2n) is 3.20. The standard InChI is InChI=1S/C9H16O2/c1-7-6-9(4-3-5-10)11-8(7)2/h3-4,7-10H,5-6H2,1-2H3/b4-3+/t7?,8?,9-/m0/s1. The molecular weight excluding hydrogens is 140 g/mol. The van der Waals surface area contributed by atoms with E-state index in [0.29, 0.717) is 12.0 Å². The third kappa shape index (κ3) is 2.31. The van der Waals surface area contributed by atoms with Gasteiger partial charge in [-0.05, 0) is 19.3 Å². The van der Waals surface area contributed by atoms with Crippen LogP contribution in [0.5, 0.6) is 0 Å². The Balaban J connectivity index is 2.35. The van der Waals surface area contributed by atoms with Gasteiger partial charge in [0.1, 0.15) is 0 Å². The van der Waals surface area contributed by atoms with Crippen LogP contribution in [0.2, 0.25) is 0 Å². The Bertz CT molecular complexity index is 132. The van der Waals surface area contributed by atoms with Crippen molar-refractivity contribution in [3.05, 3.63) is 12.2 Å². The van der Waals surface area contributed by atoms with Gasteiger partial charge in [0.25, 0.3) is 0 Å². The van der Waals surface area contributed by atoms with Crippen molar-refractivity contribution in [3.63, 3.8) is 0 Å². The quantitative estimate of drug-likeness (QED) is 0.611. The van der Waals surface area contributed by atoms with E-state index in [2.05, 4.69) is 13.8 Å². The van der Waals surface area contributed by atoms with Crippen molar-refractivity contribution in [3.8, 4) is 0 Å². The van der Waals surface area contributed by atoms with Gasteiger partial charge in [0.15, 0.2) is 0 Å². The first-order chi connectivity index (χ1) is 5.24. The van der Waals surface area contributed by atoms with E-state index in [-0.39, 0.29) is 12.7 Å². The Morgan fingerprint density at radius 2 is 2.27 bits per heavy atom. The van der Waals surface area contributed by atoms with Gasteiger partial charge in [-0.15, -0.1) is 0 Å². The maximum atomic E-state index is 8.52. The maximum absolute atomic E-state index is 8.52. The van der Waals surface area contributed by atoms with E-state index in [1.54, 1.807) is 6.08 Å². The lowest BCUT2D eigenvalue weighted by atomic mass is 10.0. The van der Waals surface area contributed by atoms with Crippen molar-refractivity contribution in [2.24, 2.45) is 5.92 Å². The van der Waals surface area contributed by atoms with E-state index in [0.717, 1.165) is 6.42 Å². The molecule has 1 N–H and O–H groups in total. The molecule has 64 valence electrons. The normalized spacial score (nSPS) is 38.6. The number of hydrogen-bond acceptors (Lipinski definition) is 2. The summed E-state index contributed by atoms with van der Waals surface area (Å²) >= 11 is 0. The first kappa shape index (κ1) is 8.75. The molecule has 1 aliphatic heterocycles. The highest BCUT2D eigenvalue weighted by Gasteiger charge is 2.26. The SMILES string of the molecule is CC1C[C@H](/C=C/CO)OC1C. The molecule has 0 spiro atoms. The minimum atomic E-state index is 0.114. The van der Waals surface area contributed by atoms with Crippen molar-refractivity contribution >= 4 is 0 Å². The lowest BCUT2D eigenvalue weighted by Gasteiger charge is -2.06. The molecular formula is C9H16O2. The van der Waals surface area contributed by atoms with Crippen LogP contribution in [0.25, 0.3) is 0 Å². The van der Waals surface area contributed by atoms with E-state index >= 15 is 0 Å². The fraction of sp³-hybridized carbons (Fsp3) is 0.778. The Hall–Kier alpha value is -0.340. The van der Waals surface area contributed by atoms with Crippen molar-refractivity contribution < 1.29 is 9.84 Å². The second-order valence-corrected chi connectivity index (χ2v) is 3.20. The first-order valence-corrected chi connectivity index (χ1v) is 4.17. The summed E-state index contributed by atoms with van der Waals surface area (Å²) in [7, 11) is 0. The number of hydrogen-bond donors (Lipinski definition) is 1. The number of aliphatic hydroxyl groups is 1. The predicted octanol–water partition coefficient (Wildman–Crippen LogP) is 1.35. The van der Waals surface area contributed by atoms with E-state index in [4.69, 9.17) is 9.84 Å². The van der Waals surface area contributed by atoms with E-state index in [9.17, 15) is 0 Å². The number of rotatable bonds is 2. The van der Waals surface area contributed by atoms with Crippen molar-refractivity contribution in [1.82, 2.24) is 0 Å². The predicted molar refractivity (Wildman–Crippen MR) is 44.3 cm³/mol. The molecule has 1 fully saturated rings. The molecule has 0 radical (unpaired) electrons. The number of aliphatic hydroxyl groups excluding tert-OH is 1. The average molecular weight is 156 g/mol. The molecule has 3 atom stereocenters. The molecule has 0 aromatic carbocycles. The third-order valence-electron chi connectivity index (χ3n) is 2.25. The van der Waals surface area contributed by atoms with Crippen LogP contribution in [0, 0.1) is 5.92 Å².